The van der Waals surface area contributed by atoms with Crippen LogP contribution in [-0.4, -0.2) is 23.3 Å². The summed E-state index contributed by atoms with van der Waals surface area (Å²) in [4.78, 5) is 0. The number of aromatic nitrogens is 2. The summed E-state index contributed by atoms with van der Waals surface area (Å²) < 4.78 is 0. The van der Waals surface area contributed by atoms with Gasteiger partial charge in [-0.25, -0.2) is 0 Å². The molecule has 1 heterocycles. The second kappa shape index (κ2) is 8.00. The quantitative estimate of drug-likeness (QED) is 0.732. The van der Waals surface area contributed by atoms with Crippen LogP contribution in [0.2, 0.25) is 0 Å². The van der Waals surface area contributed by atoms with Gasteiger partial charge in [-0.1, -0.05) is 19.9 Å². The summed E-state index contributed by atoms with van der Waals surface area (Å²) in [6.07, 6.45) is 6.96. The smallest absolute Gasteiger partial charge is 0.145 e. The largest absolute Gasteiger partial charge is 0.382 e. The molecule has 1 aliphatic rings. The van der Waals surface area contributed by atoms with Gasteiger partial charge in [-0.05, 0) is 38.6 Å². The molecule has 0 spiro atoms. The van der Waals surface area contributed by atoms with Crippen LogP contribution in [0.25, 0.3) is 0 Å². The molecule has 2 unspecified atom stereocenters. The van der Waals surface area contributed by atoms with Crippen molar-refractivity contribution in [1.82, 2.24) is 15.5 Å². The van der Waals surface area contributed by atoms with E-state index in [2.05, 4.69) is 35.9 Å². The van der Waals surface area contributed by atoms with E-state index < -0.39 is 0 Å². The van der Waals surface area contributed by atoms with E-state index in [0.717, 1.165) is 12.3 Å². The van der Waals surface area contributed by atoms with E-state index in [1.807, 2.05) is 19.2 Å². The number of allylic oxidation sites excluding steroid dienone is 1. The van der Waals surface area contributed by atoms with Gasteiger partial charge in [0.15, 0.2) is 0 Å². The lowest BCUT2D eigenvalue weighted by Gasteiger charge is -2.07. The molecule has 2 atom stereocenters. The Morgan fingerprint density at radius 2 is 2.26 bits per heavy atom. The monoisotopic (exact) mass is 264 g/mol. The molecule has 4 heteroatoms. The van der Waals surface area contributed by atoms with Gasteiger partial charge >= 0.3 is 0 Å². The second-order valence-corrected chi connectivity index (χ2v) is 5.59. The summed E-state index contributed by atoms with van der Waals surface area (Å²) in [5.74, 6) is 2.04. The molecule has 1 aliphatic carbocycles. The third kappa shape index (κ3) is 5.47. The summed E-state index contributed by atoms with van der Waals surface area (Å²) in [6, 6.07) is 2.59. The molecule has 0 radical (unpaired) electrons. The van der Waals surface area contributed by atoms with E-state index in [1.54, 1.807) is 0 Å². The molecular formula is C15H28N4. The summed E-state index contributed by atoms with van der Waals surface area (Å²) >= 11 is 0. The molecule has 0 amide bonds. The van der Waals surface area contributed by atoms with Gasteiger partial charge in [0, 0.05) is 23.7 Å². The first-order chi connectivity index (χ1) is 9.06. The molecule has 1 aromatic heterocycles. The highest BCUT2D eigenvalue weighted by Gasteiger charge is 2.25. The van der Waals surface area contributed by atoms with E-state index in [1.165, 1.54) is 25.0 Å². The Kier molecular flexibility index (Phi) is 6.64. The minimum absolute atomic E-state index is 0.604. The minimum Gasteiger partial charge on any atom is -0.382 e. The lowest BCUT2D eigenvalue weighted by molar-refractivity contribution is 0.544. The summed E-state index contributed by atoms with van der Waals surface area (Å²) in [6.45, 7) is 8.01. The molecule has 108 valence electrons. The fourth-order valence-corrected chi connectivity index (χ4v) is 2.37. The molecule has 2 rings (SSSR count). The van der Waals surface area contributed by atoms with E-state index in [-0.39, 0.29) is 0 Å². The summed E-state index contributed by atoms with van der Waals surface area (Å²) in [5.41, 5.74) is 6.78. The van der Waals surface area contributed by atoms with Gasteiger partial charge in [0.1, 0.15) is 5.82 Å². The number of anilines is 1. The van der Waals surface area contributed by atoms with Crippen molar-refractivity contribution >= 4 is 5.82 Å². The van der Waals surface area contributed by atoms with Gasteiger partial charge in [0.2, 0.25) is 0 Å². The zero-order valence-electron chi connectivity index (χ0n) is 12.4. The van der Waals surface area contributed by atoms with Crippen LogP contribution in [0.15, 0.2) is 18.7 Å². The first kappa shape index (κ1) is 15.8. The average Bonchev–Trinajstić information content (AvgIpc) is 2.99. The topological polar surface area (TPSA) is 66.7 Å². The Hall–Kier alpha value is -1.29. The summed E-state index contributed by atoms with van der Waals surface area (Å²) in [5, 5.41) is 10.0. The highest BCUT2D eigenvalue weighted by Crippen LogP contribution is 2.39. The van der Waals surface area contributed by atoms with E-state index >= 15 is 0 Å². The molecule has 0 saturated heterocycles. The van der Waals surface area contributed by atoms with E-state index in [0.29, 0.717) is 17.8 Å². The van der Waals surface area contributed by atoms with Crippen molar-refractivity contribution < 1.29 is 0 Å². The van der Waals surface area contributed by atoms with Crippen molar-refractivity contribution in [2.24, 2.45) is 5.92 Å². The van der Waals surface area contributed by atoms with Crippen molar-refractivity contribution in [3.63, 3.8) is 0 Å². The lowest BCUT2D eigenvalue weighted by Crippen LogP contribution is -2.15. The first-order valence-electron chi connectivity index (χ1n) is 7.15. The van der Waals surface area contributed by atoms with Crippen LogP contribution in [0.4, 0.5) is 5.82 Å². The number of hydrogen-bond donors (Lipinski definition) is 3. The zero-order valence-corrected chi connectivity index (χ0v) is 12.4. The SMILES string of the molecule is C=CCC1CCC(c2cc(N)n[nH]2)C1.CNC(C)C. The van der Waals surface area contributed by atoms with Gasteiger partial charge in [-0.15, -0.1) is 6.58 Å². The molecule has 0 aromatic carbocycles. The number of nitrogen functional groups attached to an aromatic ring is 1. The van der Waals surface area contributed by atoms with Crippen LogP contribution in [0.3, 0.4) is 0 Å². The molecule has 0 bridgehead atoms. The van der Waals surface area contributed by atoms with Gasteiger partial charge in [-0.3, -0.25) is 5.10 Å². The van der Waals surface area contributed by atoms with Crippen LogP contribution < -0.4 is 11.1 Å². The number of nitrogens with zero attached hydrogens (tertiary/aromatic N) is 1. The number of rotatable bonds is 4. The van der Waals surface area contributed by atoms with Crippen molar-refractivity contribution in [2.45, 2.75) is 51.5 Å². The van der Waals surface area contributed by atoms with E-state index in [9.17, 15) is 0 Å². The van der Waals surface area contributed by atoms with Crippen molar-refractivity contribution in [2.75, 3.05) is 12.8 Å². The Bertz CT molecular complexity index is 370. The fourth-order valence-electron chi connectivity index (χ4n) is 2.37. The van der Waals surface area contributed by atoms with Gasteiger partial charge in [0.25, 0.3) is 0 Å². The molecule has 1 aromatic rings. The Morgan fingerprint density at radius 3 is 2.74 bits per heavy atom. The molecule has 19 heavy (non-hydrogen) atoms. The van der Waals surface area contributed by atoms with Crippen molar-refractivity contribution in [1.29, 1.82) is 0 Å². The Morgan fingerprint density at radius 1 is 1.58 bits per heavy atom. The number of H-pyrrole nitrogens is 1. The van der Waals surface area contributed by atoms with Gasteiger partial charge in [0.05, 0.1) is 0 Å². The average molecular weight is 264 g/mol. The predicted octanol–water partition coefficient (Wildman–Crippen LogP) is 3.07. The highest BCUT2D eigenvalue weighted by molar-refractivity contribution is 5.30. The second-order valence-electron chi connectivity index (χ2n) is 5.59. The molecular weight excluding hydrogens is 236 g/mol. The van der Waals surface area contributed by atoms with E-state index in [4.69, 9.17) is 5.73 Å². The van der Waals surface area contributed by atoms with Gasteiger partial charge in [-0.2, -0.15) is 5.10 Å². The van der Waals surface area contributed by atoms with Crippen LogP contribution in [0, 0.1) is 5.92 Å². The maximum absolute atomic E-state index is 5.58. The minimum atomic E-state index is 0.604. The number of aromatic amines is 1. The fraction of sp³-hybridized carbons (Fsp3) is 0.667. The molecule has 1 saturated carbocycles. The Balaban J connectivity index is 0.000000312. The number of hydrogen-bond acceptors (Lipinski definition) is 3. The first-order valence-corrected chi connectivity index (χ1v) is 7.15. The molecule has 0 aliphatic heterocycles. The van der Waals surface area contributed by atoms with Crippen molar-refractivity contribution in [3.8, 4) is 0 Å². The third-order valence-corrected chi connectivity index (χ3v) is 3.68. The Labute approximate surface area is 116 Å². The standard InChI is InChI=1S/C11H17N3.C4H11N/c1-2-3-8-4-5-9(6-8)10-7-11(12)14-13-10;1-4(2)5-3/h2,7-9H,1,3-6H2,(H3,12,13,14);4-5H,1-3H3. The zero-order chi connectivity index (χ0) is 14.3. The third-order valence-electron chi connectivity index (χ3n) is 3.68. The van der Waals surface area contributed by atoms with Crippen LogP contribution in [0.5, 0.6) is 0 Å². The van der Waals surface area contributed by atoms with Crippen molar-refractivity contribution in [3.05, 3.63) is 24.4 Å². The van der Waals surface area contributed by atoms with Crippen LogP contribution >= 0.6 is 0 Å². The molecule has 4 nitrogen and oxygen atoms in total. The highest BCUT2D eigenvalue weighted by atomic mass is 15.2. The van der Waals surface area contributed by atoms with Gasteiger partial charge < -0.3 is 11.1 Å². The van der Waals surface area contributed by atoms with Crippen LogP contribution in [0.1, 0.15) is 51.1 Å². The number of nitrogens with one attached hydrogen (secondary N) is 2. The van der Waals surface area contributed by atoms with Crippen LogP contribution in [-0.2, 0) is 0 Å². The normalized spacial score (nSPS) is 22.1. The predicted molar refractivity (Wildman–Crippen MR) is 82.1 cm³/mol. The lowest BCUT2D eigenvalue weighted by atomic mass is 10.00. The maximum Gasteiger partial charge on any atom is 0.145 e. The summed E-state index contributed by atoms with van der Waals surface area (Å²) in [7, 11) is 1.95. The molecule has 1 fully saturated rings. The number of nitrogens with two attached hydrogens (primary N) is 1. The maximum atomic E-state index is 5.58. The molecule has 4 N–H and O–H groups in total.